The first-order chi connectivity index (χ1) is 5.18. The van der Waals surface area contributed by atoms with Crippen molar-refractivity contribution < 1.29 is 0 Å². The number of hydrogen-bond acceptors (Lipinski definition) is 4. The largest absolute Gasteiger partial charge is 0.375 e. The Morgan fingerprint density at radius 3 is 2.91 bits per heavy atom. The maximum Gasteiger partial charge on any atom is 0.180 e. The Bertz CT molecular complexity index is 220. The molecule has 0 aromatic carbocycles. The van der Waals surface area contributed by atoms with E-state index in [4.69, 9.17) is 5.73 Å². The number of hydrogen-bond donors (Lipinski definition) is 1. The summed E-state index contributed by atoms with van der Waals surface area (Å²) in [5, 5.41) is 1.35. The lowest BCUT2D eigenvalue weighted by molar-refractivity contribution is 1.11. The third-order valence-electron chi connectivity index (χ3n) is 1.13. The summed E-state index contributed by atoms with van der Waals surface area (Å²) in [6.07, 6.45) is 1.86. The number of thioether (sulfide) groups is 1. The van der Waals surface area contributed by atoms with Crippen molar-refractivity contribution in [2.45, 2.75) is 24.9 Å². The molecule has 0 unspecified atom stereocenters. The summed E-state index contributed by atoms with van der Waals surface area (Å²) >= 11 is 3.49. The molecule has 0 fully saturated rings. The second kappa shape index (κ2) is 3.97. The van der Waals surface area contributed by atoms with E-state index in [-0.39, 0.29) is 0 Å². The second-order valence-electron chi connectivity index (χ2n) is 2.52. The predicted molar refractivity (Wildman–Crippen MR) is 53.0 cm³/mol. The molecule has 1 aromatic heterocycles. The van der Waals surface area contributed by atoms with E-state index in [9.17, 15) is 0 Å². The van der Waals surface area contributed by atoms with Crippen LogP contribution in [0, 0.1) is 0 Å². The van der Waals surface area contributed by atoms with Crippen molar-refractivity contribution in [1.82, 2.24) is 4.98 Å². The molecular formula is C7H12N2S2. The van der Waals surface area contributed by atoms with Crippen LogP contribution in [0.1, 0.15) is 18.7 Å². The summed E-state index contributed by atoms with van der Waals surface area (Å²) in [4.78, 5) is 5.24. The first-order valence-electron chi connectivity index (χ1n) is 3.50. The Labute approximate surface area is 75.2 Å². The summed E-state index contributed by atoms with van der Waals surface area (Å²) in [7, 11) is 0. The average Bonchev–Trinajstić information content (AvgIpc) is 2.31. The van der Waals surface area contributed by atoms with Gasteiger partial charge in [-0.2, -0.15) is 11.8 Å². The number of thiazole rings is 1. The van der Waals surface area contributed by atoms with Crippen molar-refractivity contribution in [3.05, 3.63) is 11.1 Å². The summed E-state index contributed by atoms with van der Waals surface area (Å²) < 4.78 is 0. The lowest BCUT2D eigenvalue weighted by Crippen LogP contribution is -1.86. The van der Waals surface area contributed by atoms with E-state index in [1.807, 2.05) is 18.0 Å². The molecule has 0 aliphatic rings. The van der Waals surface area contributed by atoms with E-state index >= 15 is 0 Å². The van der Waals surface area contributed by atoms with Crippen LogP contribution in [0.15, 0.2) is 6.20 Å². The fourth-order valence-electron chi connectivity index (χ4n) is 0.638. The normalized spacial score (nSPS) is 10.8. The minimum atomic E-state index is 0.671. The van der Waals surface area contributed by atoms with Crippen LogP contribution >= 0.6 is 23.1 Å². The molecule has 2 nitrogen and oxygen atoms in total. The third-order valence-corrected chi connectivity index (χ3v) is 3.28. The minimum absolute atomic E-state index is 0.671. The van der Waals surface area contributed by atoms with E-state index < -0.39 is 0 Å². The molecule has 0 aliphatic carbocycles. The highest BCUT2D eigenvalue weighted by molar-refractivity contribution is 7.99. The molecule has 11 heavy (non-hydrogen) atoms. The van der Waals surface area contributed by atoms with Gasteiger partial charge in [0.15, 0.2) is 5.13 Å². The van der Waals surface area contributed by atoms with E-state index in [0.29, 0.717) is 10.4 Å². The number of aromatic nitrogens is 1. The molecule has 0 radical (unpaired) electrons. The lowest BCUT2D eigenvalue weighted by atomic mass is 10.6. The Hall–Kier alpha value is -0.220. The number of nitrogens with zero attached hydrogens (tertiary/aromatic N) is 1. The zero-order valence-corrected chi connectivity index (χ0v) is 8.34. The van der Waals surface area contributed by atoms with Crippen molar-refractivity contribution in [2.75, 3.05) is 5.73 Å². The van der Waals surface area contributed by atoms with Gasteiger partial charge >= 0.3 is 0 Å². The van der Waals surface area contributed by atoms with Crippen LogP contribution in [0.5, 0.6) is 0 Å². The highest BCUT2D eigenvalue weighted by Crippen LogP contribution is 2.22. The maximum atomic E-state index is 5.48. The van der Waals surface area contributed by atoms with Crippen molar-refractivity contribution in [1.29, 1.82) is 0 Å². The highest BCUT2D eigenvalue weighted by Gasteiger charge is 1.99. The van der Waals surface area contributed by atoms with E-state index in [1.54, 1.807) is 11.3 Å². The molecular weight excluding hydrogens is 176 g/mol. The van der Waals surface area contributed by atoms with Crippen LogP contribution in [-0.4, -0.2) is 10.2 Å². The van der Waals surface area contributed by atoms with Crippen LogP contribution in [0.2, 0.25) is 0 Å². The standard InChI is InChI=1S/C7H12N2S2/c1-5(2)10-4-6-3-9-7(8)11-6/h3,5H,4H2,1-2H3,(H2,8,9). The van der Waals surface area contributed by atoms with Gasteiger partial charge in [-0.1, -0.05) is 13.8 Å². The summed E-state index contributed by atoms with van der Waals surface area (Å²) in [5.74, 6) is 1.03. The van der Waals surface area contributed by atoms with Crippen LogP contribution in [0.25, 0.3) is 0 Å². The van der Waals surface area contributed by atoms with Gasteiger partial charge in [0.2, 0.25) is 0 Å². The third kappa shape index (κ3) is 3.12. The van der Waals surface area contributed by atoms with Crippen LogP contribution < -0.4 is 5.73 Å². The van der Waals surface area contributed by atoms with Gasteiger partial charge in [-0.3, -0.25) is 0 Å². The fraction of sp³-hybridized carbons (Fsp3) is 0.571. The Morgan fingerprint density at radius 2 is 2.45 bits per heavy atom. The molecule has 4 heteroatoms. The molecule has 0 bridgehead atoms. The van der Waals surface area contributed by atoms with Gasteiger partial charge in [-0.25, -0.2) is 4.98 Å². The van der Waals surface area contributed by atoms with Gasteiger partial charge in [0.25, 0.3) is 0 Å². The molecule has 62 valence electrons. The first-order valence-corrected chi connectivity index (χ1v) is 5.37. The molecule has 0 saturated heterocycles. The molecule has 0 aliphatic heterocycles. The monoisotopic (exact) mass is 188 g/mol. The molecule has 1 heterocycles. The summed E-state index contributed by atoms with van der Waals surface area (Å²) in [5.41, 5.74) is 5.48. The number of rotatable bonds is 3. The zero-order valence-electron chi connectivity index (χ0n) is 6.70. The maximum absolute atomic E-state index is 5.48. The highest BCUT2D eigenvalue weighted by atomic mass is 32.2. The molecule has 1 aromatic rings. The molecule has 0 amide bonds. The van der Waals surface area contributed by atoms with E-state index in [2.05, 4.69) is 18.8 Å². The lowest BCUT2D eigenvalue weighted by Gasteiger charge is -2.00. The summed E-state index contributed by atoms with van der Waals surface area (Å²) in [6.45, 7) is 4.38. The van der Waals surface area contributed by atoms with Gasteiger partial charge < -0.3 is 5.73 Å². The topological polar surface area (TPSA) is 38.9 Å². The smallest absolute Gasteiger partial charge is 0.180 e. The Balaban J connectivity index is 2.39. The molecule has 1 rings (SSSR count). The second-order valence-corrected chi connectivity index (χ2v) is 5.24. The number of anilines is 1. The van der Waals surface area contributed by atoms with Gasteiger partial charge in [-0.05, 0) is 5.25 Å². The van der Waals surface area contributed by atoms with E-state index in [0.717, 1.165) is 5.75 Å². The number of nitrogen functional groups attached to an aromatic ring is 1. The van der Waals surface area contributed by atoms with Crippen LogP contribution in [0.4, 0.5) is 5.13 Å². The van der Waals surface area contributed by atoms with Gasteiger partial charge in [0.05, 0.1) is 0 Å². The predicted octanol–water partition coefficient (Wildman–Crippen LogP) is 2.37. The number of nitrogens with two attached hydrogens (primary N) is 1. The van der Waals surface area contributed by atoms with Crippen molar-refractivity contribution in [3.63, 3.8) is 0 Å². The Kier molecular flexibility index (Phi) is 3.20. The molecule has 2 N–H and O–H groups in total. The zero-order chi connectivity index (χ0) is 8.27. The summed E-state index contributed by atoms with van der Waals surface area (Å²) in [6, 6.07) is 0. The van der Waals surface area contributed by atoms with Crippen molar-refractivity contribution >= 4 is 28.2 Å². The Morgan fingerprint density at radius 1 is 1.73 bits per heavy atom. The van der Waals surface area contributed by atoms with Crippen molar-refractivity contribution in [3.8, 4) is 0 Å². The van der Waals surface area contributed by atoms with E-state index in [1.165, 1.54) is 4.88 Å². The fourth-order valence-corrected chi connectivity index (χ4v) is 2.13. The minimum Gasteiger partial charge on any atom is -0.375 e. The first kappa shape index (κ1) is 8.87. The van der Waals surface area contributed by atoms with Gasteiger partial charge in [-0.15, -0.1) is 11.3 Å². The van der Waals surface area contributed by atoms with Crippen molar-refractivity contribution in [2.24, 2.45) is 0 Å². The van der Waals surface area contributed by atoms with Crippen LogP contribution in [-0.2, 0) is 5.75 Å². The molecule has 0 atom stereocenters. The molecule has 0 spiro atoms. The quantitative estimate of drug-likeness (QED) is 0.791. The molecule has 0 saturated carbocycles. The van der Waals surface area contributed by atoms with Crippen LogP contribution in [0.3, 0.4) is 0 Å². The average molecular weight is 188 g/mol. The van der Waals surface area contributed by atoms with Gasteiger partial charge in [0, 0.05) is 16.8 Å². The van der Waals surface area contributed by atoms with Gasteiger partial charge in [0.1, 0.15) is 0 Å². The SMILES string of the molecule is CC(C)SCc1cnc(N)s1.